The number of aryl methyl sites for hydroxylation is 2. The van der Waals surface area contributed by atoms with Gasteiger partial charge in [0.15, 0.2) is 5.82 Å². The monoisotopic (exact) mass is 223 g/mol. The minimum atomic E-state index is -0.893. The molecule has 1 heterocycles. The minimum absolute atomic E-state index is 0.323. The summed E-state index contributed by atoms with van der Waals surface area (Å²) < 4.78 is 0. The molecule has 0 spiro atoms. The molecule has 1 aromatic rings. The van der Waals surface area contributed by atoms with Crippen LogP contribution in [-0.4, -0.2) is 26.3 Å². The molecule has 0 aromatic carbocycles. The first-order chi connectivity index (χ1) is 7.63. The minimum Gasteiger partial charge on any atom is -0.481 e. The van der Waals surface area contributed by atoms with Gasteiger partial charge >= 0.3 is 5.97 Å². The molecule has 0 amide bonds. The van der Waals surface area contributed by atoms with Gasteiger partial charge in [-0.05, 0) is 19.3 Å². The Hall–Kier alpha value is -1.52. The summed E-state index contributed by atoms with van der Waals surface area (Å²) in [7, 11) is 0. The first-order valence-corrected chi connectivity index (χ1v) is 5.59. The Morgan fingerprint density at radius 2 is 1.81 bits per heavy atom. The summed E-state index contributed by atoms with van der Waals surface area (Å²) in [6.45, 7) is 5.77. The highest BCUT2D eigenvalue weighted by Crippen LogP contribution is 2.16. The van der Waals surface area contributed by atoms with Crippen LogP contribution in [0.25, 0.3) is 0 Å². The van der Waals surface area contributed by atoms with Crippen LogP contribution in [-0.2, 0) is 17.6 Å². The van der Waals surface area contributed by atoms with E-state index in [1.807, 2.05) is 20.8 Å². The highest BCUT2D eigenvalue weighted by Gasteiger charge is 2.22. The quantitative estimate of drug-likeness (QED) is 0.820. The van der Waals surface area contributed by atoms with Gasteiger partial charge in [-0.1, -0.05) is 20.8 Å². The molecule has 5 nitrogen and oxygen atoms in total. The molecule has 0 radical (unpaired) electrons. The molecule has 88 valence electrons. The van der Waals surface area contributed by atoms with E-state index in [0.717, 1.165) is 24.2 Å². The van der Waals surface area contributed by atoms with Crippen LogP contribution in [0, 0.1) is 0 Å². The second kappa shape index (κ2) is 5.53. The SMILES string of the molecule is CCc1nnc(C(CC)C(=O)O)nc1CC. The van der Waals surface area contributed by atoms with Crippen LogP contribution < -0.4 is 0 Å². The highest BCUT2D eigenvalue weighted by molar-refractivity contribution is 5.74. The predicted molar refractivity (Wildman–Crippen MR) is 59.3 cm³/mol. The Morgan fingerprint density at radius 1 is 1.19 bits per heavy atom. The molecular weight excluding hydrogens is 206 g/mol. The van der Waals surface area contributed by atoms with Gasteiger partial charge < -0.3 is 5.11 Å². The Morgan fingerprint density at radius 3 is 2.25 bits per heavy atom. The largest absolute Gasteiger partial charge is 0.481 e. The summed E-state index contributed by atoms with van der Waals surface area (Å²) in [6.07, 6.45) is 2.00. The van der Waals surface area contributed by atoms with Crippen molar-refractivity contribution in [1.82, 2.24) is 15.2 Å². The molecule has 16 heavy (non-hydrogen) atoms. The van der Waals surface area contributed by atoms with E-state index in [0.29, 0.717) is 12.2 Å². The van der Waals surface area contributed by atoms with Crippen LogP contribution in [0.1, 0.15) is 50.3 Å². The standard InChI is InChI=1S/C11H17N3O2/c1-4-7(11(15)16)10-12-8(5-2)9(6-3)13-14-10/h7H,4-6H2,1-3H3,(H,15,16). The second-order valence-electron chi connectivity index (χ2n) is 3.57. The van der Waals surface area contributed by atoms with E-state index < -0.39 is 11.9 Å². The van der Waals surface area contributed by atoms with Gasteiger partial charge in [0, 0.05) is 0 Å². The van der Waals surface area contributed by atoms with Crippen molar-refractivity contribution in [3.05, 3.63) is 17.2 Å². The van der Waals surface area contributed by atoms with Crippen molar-refractivity contribution >= 4 is 5.97 Å². The molecule has 5 heteroatoms. The van der Waals surface area contributed by atoms with Gasteiger partial charge in [-0.2, -0.15) is 5.10 Å². The van der Waals surface area contributed by atoms with E-state index >= 15 is 0 Å². The number of nitrogens with zero attached hydrogens (tertiary/aromatic N) is 3. The fraction of sp³-hybridized carbons (Fsp3) is 0.636. The first-order valence-electron chi connectivity index (χ1n) is 5.59. The van der Waals surface area contributed by atoms with Crippen molar-refractivity contribution in [2.75, 3.05) is 0 Å². The van der Waals surface area contributed by atoms with E-state index in [2.05, 4.69) is 15.2 Å². The Kier molecular flexibility index (Phi) is 4.34. The number of aromatic nitrogens is 3. The Bertz CT molecular complexity index is 379. The molecule has 0 aliphatic carbocycles. The summed E-state index contributed by atoms with van der Waals surface area (Å²) in [6, 6.07) is 0. The summed E-state index contributed by atoms with van der Waals surface area (Å²) in [5.74, 6) is -1.22. The average Bonchev–Trinajstić information content (AvgIpc) is 2.29. The lowest BCUT2D eigenvalue weighted by Crippen LogP contribution is -2.17. The summed E-state index contributed by atoms with van der Waals surface area (Å²) in [5.41, 5.74) is 1.71. The van der Waals surface area contributed by atoms with E-state index in [9.17, 15) is 4.79 Å². The number of hydrogen-bond donors (Lipinski definition) is 1. The fourth-order valence-corrected chi connectivity index (χ4v) is 1.57. The molecule has 0 aliphatic heterocycles. The van der Waals surface area contributed by atoms with Crippen molar-refractivity contribution < 1.29 is 9.90 Å². The molecule has 1 unspecified atom stereocenters. The van der Waals surface area contributed by atoms with E-state index in [4.69, 9.17) is 5.11 Å². The maximum absolute atomic E-state index is 11.0. The summed E-state index contributed by atoms with van der Waals surface area (Å²) in [5, 5.41) is 17.0. The van der Waals surface area contributed by atoms with Crippen molar-refractivity contribution in [2.24, 2.45) is 0 Å². The molecule has 1 atom stereocenters. The van der Waals surface area contributed by atoms with Crippen LogP contribution >= 0.6 is 0 Å². The maximum Gasteiger partial charge on any atom is 0.314 e. The van der Waals surface area contributed by atoms with Gasteiger partial charge in [0.2, 0.25) is 0 Å². The Balaban J connectivity index is 3.11. The van der Waals surface area contributed by atoms with E-state index in [1.165, 1.54) is 0 Å². The number of carboxylic acid groups (broad SMARTS) is 1. The topological polar surface area (TPSA) is 76.0 Å². The lowest BCUT2D eigenvalue weighted by molar-refractivity contribution is -0.139. The van der Waals surface area contributed by atoms with Gasteiger partial charge in [0.1, 0.15) is 5.92 Å². The number of carbonyl (C=O) groups is 1. The molecule has 0 fully saturated rings. The molecule has 0 saturated heterocycles. The third-order valence-corrected chi connectivity index (χ3v) is 2.54. The normalized spacial score (nSPS) is 12.4. The maximum atomic E-state index is 11.0. The zero-order valence-electron chi connectivity index (χ0n) is 9.90. The average molecular weight is 223 g/mol. The molecule has 1 aromatic heterocycles. The number of rotatable bonds is 5. The van der Waals surface area contributed by atoms with Crippen molar-refractivity contribution in [3.63, 3.8) is 0 Å². The third-order valence-electron chi connectivity index (χ3n) is 2.54. The van der Waals surface area contributed by atoms with E-state index in [1.54, 1.807) is 0 Å². The van der Waals surface area contributed by atoms with Crippen LogP contribution in [0.3, 0.4) is 0 Å². The van der Waals surface area contributed by atoms with Crippen LogP contribution in [0.5, 0.6) is 0 Å². The molecular formula is C11H17N3O2. The molecule has 1 rings (SSSR count). The van der Waals surface area contributed by atoms with Gasteiger partial charge in [-0.25, -0.2) is 4.98 Å². The smallest absolute Gasteiger partial charge is 0.314 e. The second-order valence-corrected chi connectivity index (χ2v) is 3.57. The highest BCUT2D eigenvalue weighted by atomic mass is 16.4. The number of hydrogen-bond acceptors (Lipinski definition) is 4. The zero-order valence-corrected chi connectivity index (χ0v) is 9.90. The lowest BCUT2D eigenvalue weighted by Gasteiger charge is -2.10. The van der Waals surface area contributed by atoms with Crippen LogP contribution in [0.2, 0.25) is 0 Å². The van der Waals surface area contributed by atoms with Crippen molar-refractivity contribution in [3.8, 4) is 0 Å². The fourth-order valence-electron chi connectivity index (χ4n) is 1.57. The number of carboxylic acids is 1. The van der Waals surface area contributed by atoms with Gasteiger partial charge in [0.05, 0.1) is 11.4 Å². The predicted octanol–water partition coefficient (Wildman–Crippen LogP) is 1.57. The van der Waals surface area contributed by atoms with Crippen LogP contribution in [0.15, 0.2) is 0 Å². The summed E-state index contributed by atoms with van der Waals surface area (Å²) in [4.78, 5) is 15.3. The number of aliphatic carboxylic acids is 1. The molecule has 0 bridgehead atoms. The Labute approximate surface area is 94.9 Å². The van der Waals surface area contributed by atoms with Gasteiger partial charge in [-0.15, -0.1) is 5.10 Å². The van der Waals surface area contributed by atoms with E-state index in [-0.39, 0.29) is 0 Å². The first kappa shape index (κ1) is 12.5. The third kappa shape index (κ3) is 2.53. The summed E-state index contributed by atoms with van der Waals surface area (Å²) >= 11 is 0. The molecule has 1 N–H and O–H groups in total. The zero-order chi connectivity index (χ0) is 12.1. The lowest BCUT2D eigenvalue weighted by atomic mass is 10.1. The van der Waals surface area contributed by atoms with Crippen molar-refractivity contribution in [2.45, 2.75) is 46.0 Å². The molecule has 0 saturated carbocycles. The van der Waals surface area contributed by atoms with Gasteiger partial charge in [0.25, 0.3) is 0 Å². The van der Waals surface area contributed by atoms with Crippen LogP contribution in [0.4, 0.5) is 0 Å². The molecule has 0 aliphatic rings. The van der Waals surface area contributed by atoms with Crippen molar-refractivity contribution in [1.29, 1.82) is 0 Å². The van der Waals surface area contributed by atoms with Gasteiger partial charge in [-0.3, -0.25) is 4.79 Å².